The quantitative estimate of drug-likeness (QED) is 0.853. The molecule has 102 valence electrons. The molecule has 0 spiro atoms. The van der Waals surface area contributed by atoms with Crippen molar-refractivity contribution >= 4 is 22.4 Å². The fourth-order valence-electron chi connectivity index (χ4n) is 1.80. The molecule has 2 N–H and O–H groups in total. The third-order valence-corrected chi connectivity index (χ3v) is 2.89. The van der Waals surface area contributed by atoms with Gasteiger partial charge in [0.1, 0.15) is 24.7 Å². The van der Waals surface area contributed by atoms with Crippen molar-refractivity contribution in [3.05, 3.63) is 35.4 Å². The summed E-state index contributed by atoms with van der Waals surface area (Å²) in [6.07, 6.45) is 0. The Hall–Kier alpha value is -1.49. The number of ether oxygens (including phenoxy) is 2. The van der Waals surface area contributed by atoms with Crippen LogP contribution in [0.3, 0.4) is 0 Å². The Kier molecular flexibility index (Phi) is 4.85. The summed E-state index contributed by atoms with van der Waals surface area (Å²) in [7, 11) is 0. The normalized spacial score (nSPS) is 10.7. The van der Waals surface area contributed by atoms with Gasteiger partial charge in [0.2, 0.25) is 0 Å². The number of halogens is 1. The first-order chi connectivity index (χ1) is 9.26. The summed E-state index contributed by atoms with van der Waals surface area (Å²) in [5.41, 5.74) is 0. The fraction of sp³-hybridized carbons (Fsp3) is 0.286. The molecule has 0 aliphatic heterocycles. The molecule has 0 bridgehead atoms. The summed E-state index contributed by atoms with van der Waals surface area (Å²) in [6.45, 7) is 0.364. The van der Waals surface area contributed by atoms with Crippen LogP contribution in [0.2, 0.25) is 5.02 Å². The van der Waals surface area contributed by atoms with Gasteiger partial charge in [0.05, 0.1) is 18.2 Å². The van der Waals surface area contributed by atoms with Gasteiger partial charge in [-0.15, -0.1) is 0 Å². The summed E-state index contributed by atoms with van der Waals surface area (Å²) in [4.78, 5) is 0. The third kappa shape index (κ3) is 3.29. The highest BCUT2D eigenvalue weighted by atomic mass is 35.5. The van der Waals surface area contributed by atoms with Gasteiger partial charge in [-0.3, -0.25) is 0 Å². The van der Waals surface area contributed by atoms with Crippen molar-refractivity contribution in [1.29, 1.82) is 0 Å². The van der Waals surface area contributed by atoms with E-state index >= 15 is 0 Å². The molecule has 5 heteroatoms. The average Bonchev–Trinajstić information content (AvgIpc) is 2.44. The molecular weight excluding hydrogens is 268 g/mol. The number of fused-ring (bicyclic) bond motifs is 1. The summed E-state index contributed by atoms with van der Waals surface area (Å²) < 4.78 is 10.8. The minimum Gasteiger partial charge on any atom is -0.491 e. The molecule has 0 saturated heterocycles. The SMILES string of the molecule is OCCOc1ccc2c(OCCO)c(Cl)ccc2c1. The molecule has 0 aliphatic rings. The van der Waals surface area contributed by atoms with E-state index in [1.165, 1.54) is 0 Å². The van der Waals surface area contributed by atoms with Crippen LogP contribution in [0.25, 0.3) is 10.8 Å². The number of aliphatic hydroxyl groups excluding tert-OH is 2. The summed E-state index contributed by atoms with van der Waals surface area (Å²) in [5, 5.41) is 19.8. The number of aliphatic hydroxyl groups is 2. The fourth-order valence-corrected chi connectivity index (χ4v) is 2.02. The van der Waals surface area contributed by atoms with Crippen LogP contribution in [0.4, 0.5) is 0 Å². The Morgan fingerprint density at radius 2 is 1.68 bits per heavy atom. The lowest BCUT2D eigenvalue weighted by atomic mass is 10.1. The second-order valence-electron chi connectivity index (χ2n) is 3.90. The van der Waals surface area contributed by atoms with Gasteiger partial charge in [-0.2, -0.15) is 0 Å². The molecule has 2 rings (SSSR count). The summed E-state index contributed by atoms with van der Waals surface area (Å²) in [6, 6.07) is 9.11. The van der Waals surface area contributed by atoms with Crippen LogP contribution in [0.5, 0.6) is 11.5 Å². The Labute approximate surface area is 116 Å². The molecule has 0 atom stereocenters. The van der Waals surface area contributed by atoms with Gasteiger partial charge in [-0.1, -0.05) is 17.7 Å². The van der Waals surface area contributed by atoms with Crippen molar-refractivity contribution in [3.8, 4) is 11.5 Å². The molecule has 2 aromatic rings. The van der Waals surface area contributed by atoms with Crippen molar-refractivity contribution in [3.63, 3.8) is 0 Å². The maximum absolute atomic E-state index is 8.82. The van der Waals surface area contributed by atoms with E-state index < -0.39 is 0 Å². The maximum Gasteiger partial charge on any atom is 0.145 e. The van der Waals surface area contributed by atoms with Gasteiger partial charge in [0, 0.05) is 5.39 Å². The molecule has 0 fully saturated rings. The first kappa shape index (κ1) is 13.9. The Morgan fingerprint density at radius 1 is 0.947 bits per heavy atom. The predicted octanol–water partition coefficient (Wildman–Crippen LogP) is 2.24. The molecule has 19 heavy (non-hydrogen) atoms. The van der Waals surface area contributed by atoms with Crippen LogP contribution < -0.4 is 9.47 Å². The van der Waals surface area contributed by atoms with E-state index in [-0.39, 0.29) is 26.4 Å². The minimum atomic E-state index is -0.0651. The van der Waals surface area contributed by atoms with E-state index in [0.717, 1.165) is 10.8 Å². The lowest BCUT2D eigenvalue weighted by molar-refractivity contribution is 0.201. The topological polar surface area (TPSA) is 58.9 Å². The monoisotopic (exact) mass is 282 g/mol. The van der Waals surface area contributed by atoms with Gasteiger partial charge in [0.15, 0.2) is 0 Å². The predicted molar refractivity (Wildman–Crippen MR) is 74.1 cm³/mol. The highest BCUT2D eigenvalue weighted by Gasteiger charge is 2.08. The zero-order valence-corrected chi connectivity index (χ0v) is 11.1. The summed E-state index contributed by atoms with van der Waals surface area (Å²) >= 11 is 6.09. The molecule has 0 saturated carbocycles. The van der Waals surface area contributed by atoms with E-state index in [2.05, 4.69) is 0 Å². The molecule has 0 unspecified atom stereocenters. The van der Waals surface area contributed by atoms with Gasteiger partial charge in [-0.05, 0) is 29.7 Å². The first-order valence-electron chi connectivity index (χ1n) is 5.96. The van der Waals surface area contributed by atoms with Crippen molar-refractivity contribution in [1.82, 2.24) is 0 Å². The molecule has 0 aliphatic carbocycles. The van der Waals surface area contributed by atoms with E-state index in [4.69, 9.17) is 31.3 Å². The number of hydrogen-bond acceptors (Lipinski definition) is 4. The van der Waals surface area contributed by atoms with Crippen LogP contribution in [0.1, 0.15) is 0 Å². The summed E-state index contributed by atoms with van der Waals surface area (Å²) in [5.74, 6) is 1.24. The molecular formula is C14H15ClO4. The molecule has 0 radical (unpaired) electrons. The number of rotatable bonds is 6. The third-order valence-electron chi connectivity index (χ3n) is 2.59. The highest BCUT2D eigenvalue weighted by molar-refractivity contribution is 6.33. The first-order valence-corrected chi connectivity index (χ1v) is 6.33. The number of benzene rings is 2. The highest BCUT2D eigenvalue weighted by Crippen LogP contribution is 2.35. The van der Waals surface area contributed by atoms with E-state index in [9.17, 15) is 0 Å². The lowest BCUT2D eigenvalue weighted by Gasteiger charge is -2.11. The lowest BCUT2D eigenvalue weighted by Crippen LogP contribution is -2.03. The molecule has 0 heterocycles. The minimum absolute atomic E-state index is 0.0243. The van der Waals surface area contributed by atoms with E-state index in [0.29, 0.717) is 16.5 Å². The Balaban J connectivity index is 2.36. The van der Waals surface area contributed by atoms with E-state index in [1.807, 2.05) is 18.2 Å². The second-order valence-corrected chi connectivity index (χ2v) is 4.31. The zero-order chi connectivity index (χ0) is 13.7. The Morgan fingerprint density at radius 3 is 2.42 bits per heavy atom. The Bertz CT molecular complexity index is 556. The van der Waals surface area contributed by atoms with Gasteiger partial charge < -0.3 is 19.7 Å². The maximum atomic E-state index is 8.82. The van der Waals surface area contributed by atoms with Crippen LogP contribution in [-0.2, 0) is 0 Å². The molecule has 0 amide bonds. The van der Waals surface area contributed by atoms with Crippen molar-refractivity contribution in [2.24, 2.45) is 0 Å². The van der Waals surface area contributed by atoms with Crippen molar-refractivity contribution < 1.29 is 19.7 Å². The van der Waals surface area contributed by atoms with Gasteiger partial charge in [0.25, 0.3) is 0 Å². The van der Waals surface area contributed by atoms with Crippen LogP contribution in [-0.4, -0.2) is 36.6 Å². The van der Waals surface area contributed by atoms with Crippen LogP contribution in [0.15, 0.2) is 30.3 Å². The zero-order valence-electron chi connectivity index (χ0n) is 10.3. The van der Waals surface area contributed by atoms with Gasteiger partial charge >= 0.3 is 0 Å². The van der Waals surface area contributed by atoms with Crippen molar-refractivity contribution in [2.75, 3.05) is 26.4 Å². The van der Waals surface area contributed by atoms with Crippen molar-refractivity contribution in [2.45, 2.75) is 0 Å². The standard InChI is InChI=1S/C14H15ClO4/c15-13-4-1-10-9-11(18-7-5-16)2-3-12(10)14(13)19-8-6-17/h1-4,9,16-17H,5-8H2. The number of hydrogen-bond donors (Lipinski definition) is 2. The smallest absolute Gasteiger partial charge is 0.145 e. The van der Waals surface area contributed by atoms with E-state index in [1.54, 1.807) is 12.1 Å². The average molecular weight is 283 g/mol. The molecule has 0 aromatic heterocycles. The second kappa shape index (κ2) is 6.61. The molecule has 4 nitrogen and oxygen atoms in total. The van der Waals surface area contributed by atoms with Gasteiger partial charge in [-0.25, -0.2) is 0 Å². The van der Waals surface area contributed by atoms with Crippen LogP contribution in [0, 0.1) is 0 Å². The largest absolute Gasteiger partial charge is 0.491 e. The molecule has 2 aromatic carbocycles. The van der Waals surface area contributed by atoms with Crippen LogP contribution >= 0.6 is 11.6 Å².